The number of anilines is 1. The monoisotopic (exact) mass is 470 g/mol. The summed E-state index contributed by atoms with van der Waals surface area (Å²) in [6, 6.07) is 14.8. The third-order valence-electron chi connectivity index (χ3n) is 5.79. The molecule has 8 heteroatoms. The highest BCUT2D eigenvalue weighted by Gasteiger charge is 2.30. The second-order valence-corrected chi connectivity index (χ2v) is 10.5. The predicted molar refractivity (Wildman–Crippen MR) is 128 cm³/mol. The van der Waals surface area contributed by atoms with Crippen molar-refractivity contribution < 1.29 is 8.42 Å². The van der Waals surface area contributed by atoms with Gasteiger partial charge in [0.2, 0.25) is 10.0 Å². The highest BCUT2D eigenvalue weighted by molar-refractivity contribution is 7.89. The van der Waals surface area contributed by atoms with E-state index in [4.69, 9.17) is 16.6 Å². The SMILES string of the molecule is Cc1ccc(S(=O)(=O)N2CCN(c3nc(C)nc(C)c3Cc3ccc(Cl)cc3)CC2)cc1. The Morgan fingerprint density at radius 2 is 1.50 bits per heavy atom. The maximum atomic E-state index is 13.1. The Balaban J connectivity index is 1.55. The van der Waals surface area contributed by atoms with Gasteiger partial charge in [0.1, 0.15) is 11.6 Å². The molecule has 0 unspecified atom stereocenters. The molecule has 2 heterocycles. The molecular formula is C24H27ClN4O2S. The molecule has 0 spiro atoms. The van der Waals surface area contributed by atoms with Crippen molar-refractivity contribution >= 4 is 27.4 Å². The van der Waals surface area contributed by atoms with Crippen LogP contribution in [-0.4, -0.2) is 48.9 Å². The summed E-state index contributed by atoms with van der Waals surface area (Å²) in [5, 5.41) is 0.705. The highest BCUT2D eigenvalue weighted by Crippen LogP contribution is 2.27. The van der Waals surface area contributed by atoms with E-state index in [1.807, 2.05) is 57.2 Å². The molecular weight excluding hydrogens is 444 g/mol. The Morgan fingerprint density at radius 3 is 2.12 bits per heavy atom. The summed E-state index contributed by atoms with van der Waals surface area (Å²) in [7, 11) is -3.50. The van der Waals surface area contributed by atoms with Gasteiger partial charge < -0.3 is 4.90 Å². The molecule has 168 valence electrons. The van der Waals surface area contributed by atoms with Gasteiger partial charge in [0.25, 0.3) is 0 Å². The third kappa shape index (κ3) is 4.80. The summed E-state index contributed by atoms with van der Waals surface area (Å²) in [6.07, 6.45) is 0.695. The number of hydrogen-bond acceptors (Lipinski definition) is 5. The van der Waals surface area contributed by atoms with E-state index in [0.717, 1.165) is 28.2 Å². The average Bonchev–Trinajstić information content (AvgIpc) is 2.77. The van der Waals surface area contributed by atoms with Gasteiger partial charge in [-0.15, -0.1) is 0 Å². The van der Waals surface area contributed by atoms with E-state index in [1.165, 1.54) is 0 Å². The van der Waals surface area contributed by atoms with E-state index in [1.54, 1.807) is 16.4 Å². The highest BCUT2D eigenvalue weighted by atomic mass is 35.5. The molecule has 2 aromatic carbocycles. The Labute approximate surface area is 194 Å². The van der Waals surface area contributed by atoms with Crippen molar-refractivity contribution in [1.29, 1.82) is 0 Å². The van der Waals surface area contributed by atoms with Crippen LogP contribution < -0.4 is 4.90 Å². The van der Waals surface area contributed by atoms with E-state index < -0.39 is 10.0 Å². The molecule has 0 atom stereocenters. The molecule has 1 saturated heterocycles. The normalized spacial score (nSPS) is 15.2. The summed E-state index contributed by atoms with van der Waals surface area (Å²) in [5.74, 6) is 1.60. The molecule has 0 saturated carbocycles. The quantitative estimate of drug-likeness (QED) is 0.560. The van der Waals surface area contributed by atoms with Crippen molar-refractivity contribution in [3.63, 3.8) is 0 Å². The van der Waals surface area contributed by atoms with Crippen molar-refractivity contribution in [2.75, 3.05) is 31.1 Å². The number of halogens is 1. The molecule has 6 nitrogen and oxygen atoms in total. The van der Waals surface area contributed by atoms with E-state index in [2.05, 4.69) is 9.88 Å². The summed E-state index contributed by atoms with van der Waals surface area (Å²) >= 11 is 6.04. The first-order chi connectivity index (χ1) is 15.2. The van der Waals surface area contributed by atoms with E-state index in [-0.39, 0.29) is 0 Å². The van der Waals surface area contributed by atoms with Crippen LogP contribution in [0.15, 0.2) is 53.4 Å². The zero-order valence-electron chi connectivity index (χ0n) is 18.5. The standard InChI is InChI=1S/C24H27ClN4O2S/c1-17-4-10-22(11-5-17)32(30,31)29-14-12-28(13-15-29)24-23(18(2)26-19(3)27-24)16-20-6-8-21(25)9-7-20/h4-11H,12-16H2,1-3H3. The summed E-state index contributed by atoms with van der Waals surface area (Å²) in [6.45, 7) is 7.82. The fraction of sp³-hybridized carbons (Fsp3) is 0.333. The molecule has 1 aliphatic rings. The molecule has 0 bridgehead atoms. The molecule has 1 aromatic heterocycles. The molecule has 3 aromatic rings. The maximum Gasteiger partial charge on any atom is 0.243 e. The molecule has 1 aliphatic heterocycles. The van der Waals surface area contributed by atoms with E-state index in [9.17, 15) is 8.42 Å². The van der Waals surface area contributed by atoms with Gasteiger partial charge in [-0.3, -0.25) is 0 Å². The Kier molecular flexibility index (Phi) is 6.51. The number of aryl methyl sites for hydroxylation is 3. The van der Waals surface area contributed by atoms with Gasteiger partial charge >= 0.3 is 0 Å². The van der Waals surface area contributed by atoms with Gasteiger partial charge in [-0.2, -0.15) is 4.31 Å². The molecule has 32 heavy (non-hydrogen) atoms. The first kappa shape index (κ1) is 22.7. The van der Waals surface area contributed by atoms with Crippen molar-refractivity contribution in [2.45, 2.75) is 32.1 Å². The number of hydrogen-bond donors (Lipinski definition) is 0. The van der Waals surface area contributed by atoms with Crippen LogP contribution in [0, 0.1) is 20.8 Å². The molecule has 0 N–H and O–H groups in total. The molecule has 1 fully saturated rings. The van der Waals surface area contributed by atoms with Crippen LogP contribution in [0.4, 0.5) is 5.82 Å². The van der Waals surface area contributed by atoms with Crippen molar-refractivity contribution in [1.82, 2.24) is 14.3 Å². The lowest BCUT2D eigenvalue weighted by Gasteiger charge is -2.36. The number of piperazine rings is 1. The Bertz CT molecular complexity index is 1200. The number of nitrogens with zero attached hydrogens (tertiary/aromatic N) is 4. The van der Waals surface area contributed by atoms with Crippen LogP contribution in [0.2, 0.25) is 5.02 Å². The van der Waals surface area contributed by atoms with Crippen LogP contribution in [0.3, 0.4) is 0 Å². The Morgan fingerprint density at radius 1 is 0.875 bits per heavy atom. The zero-order chi connectivity index (χ0) is 22.9. The molecule has 0 radical (unpaired) electrons. The number of aromatic nitrogens is 2. The second-order valence-electron chi connectivity index (χ2n) is 8.17. The fourth-order valence-electron chi connectivity index (χ4n) is 3.99. The zero-order valence-corrected chi connectivity index (χ0v) is 20.1. The number of benzene rings is 2. The van der Waals surface area contributed by atoms with Crippen LogP contribution in [0.5, 0.6) is 0 Å². The number of sulfonamides is 1. The van der Waals surface area contributed by atoms with Gasteiger partial charge in [-0.05, 0) is 50.6 Å². The summed E-state index contributed by atoms with van der Waals surface area (Å²) in [5.41, 5.74) is 4.17. The van der Waals surface area contributed by atoms with Gasteiger partial charge in [-0.1, -0.05) is 41.4 Å². The van der Waals surface area contributed by atoms with Gasteiger partial charge in [0.15, 0.2) is 0 Å². The molecule has 0 aliphatic carbocycles. The minimum absolute atomic E-state index is 0.341. The van der Waals surface area contributed by atoms with Crippen molar-refractivity contribution in [3.8, 4) is 0 Å². The lowest BCUT2D eigenvalue weighted by atomic mass is 10.0. The van der Waals surface area contributed by atoms with Gasteiger partial charge in [-0.25, -0.2) is 18.4 Å². The topological polar surface area (TPSA) is 66.4 Å². The van der Waals surface area contributed by atoms with Crippen LogP contribution in [0.25, 0.3) is 0 Å². The third-order valence-corrected chi connectivity index (χ3v) is 7.96. The molecule has 4 rings (SSSR count). The molecule has 0 amide bonds. The largest absolute Gasteiger partial charge is 0.354 e. The fourth-order valence-corrected chi connectivity index (χ4v) is 5.54. The lowest BCUT2D eigenvalue weighted by Crippen LogP contribution is -2.49. The van der Waals surface area contributed by atoms with Gasteiger partial charge in [0, 0.05) is 48.9 Å². The van der Waals surface area contributed by atoms with Crippen LogP contribution in [-0.2, 0) is 16.4 Å². The predicted octanol–water partition coefficient (Wildman–Crippen LogP) is 4.16. The second kappa shape index (κ2) is 9.17. The van der Waals surface area contributed by atoms with E-state index >= 15 is 0 Å². The van der Waals surface area contributed by atoms with Crippen molar-refractivity contribution in [3.05, 3.63) is 81.8 Å². The van der Waals surface area contributed by atoms with Crippen LogP contribution >= 0.6 is 11.6 Å². The number of rotatable bonds is 5. The maximum absolute atomic E-state index is 13.1. The van der Waals surface area contributed by atoms with Crippen LogP contribution in [0.1, 0.15) is 28.2 Å². The van der Waals surface area contributed by atoms with Crippen molar-refractivity contribution in [2.24, 2.45) is 0 Å². The smallest absolute Gasteiger partial charge is 0.243 e. The first-order valence-electron chi connectivity index (χ1n) is 10.6. The first-order valence-corrected chi connectivity index (χ1v) is 12.5. The minimum Gasteiger partial charge on any atom is -0.354 e. The lowest BCUT2D eigenvalue weighted by molar-refractivity contribution is 0.383. The Hall–Kier alpha value is -2.48. The minimum atomic E-state index is -3.50. The van der Waals surface area contributed by atoms with Gasteiger partial charge in [0.05, 0.1) is 4.90 Å². The average molecular weight is 471 g/mol. The summed E-state index contributed by atoms with van der Waals surface area (Å²) in [4.78, 5) is 11.8. The summed E-state index contributed by atoms with van der Waals surface area (Å²) < 4.78 is 27.7. The van der Waals surface area contributed by atoms with E-state index in [0.29, 0.717) is 48.3 Å².